The van der Waals surface area contributed by atoms with Crippen molar-refractivity contribution in [1.82, 2.24) is 4.90 Å². The summed E-state index contributed by atoms with van der Waals surface area (Å²) in [6, 6.07) is 12.2. The maximum atomic E-state index is 13.3. The van der Waals surface area contributed by atoms with Crippen LogP contribution in [0.5, 0.6) is 0 Å². The van der Waals surface area contributed by atoms with Crippen LogP contribution in [0.2, 0.25) is 0 Å². The third-order valence-corrected chi connectivity index (χ3v) is 7.16. The summed E-state index contributed by atoms with van der Waals surface area (Å²) in [5.74, 6) is 0.898. The van der Waals surface area contributed by atoms with E-state index in [1.807, 2.05) is 24.3 Å². The Balaban J connectivity index is 1.41. The smallest absolute Gasteiger partial charge is 0.298 e. The summed E-state index contributed by atoms with van der Waals surface area (Å²) in [4.78, 5) is 2.43. The Morgan fingerprint density at radius 2 is 1.35 bits per heavy atom. The first-order chi connectivity index (χ1) is 16.0. The van der Waals surface area contributed by atoms with Crippen molar-refractivity contribution in [2.75, 3.05) is 13.1 Å². The summed E-state index contributed by atoms with van der Waals surface area (Å²) in [6.45, 7) is 3.04. The van der Waals surface area contributed by atoms with Gasteiger partial charge >= 0.3 is 12.4 Å². The molecule has 1 saturated carbocycles. The van der Waals surface area contributed by atoms with Crippen molar-refractivity contribution in [2.45, 2.75) is 63.3 Å². The summed E-state index contributed by atoms with van der Waals surface area (Å²) in [6.07, 6.45) is -2.37. The summed E-state index contributed by atoms with van der Waals surface area (Å²) in [5, 5.41) is 0. The third-order valence-electron chi connectivity index (χ3n) is 7.16. The number of benzene rings is 2. The molecule has 1 nitrogen and oxygen atoms in total. The molecule has 1 fully saturated rings. The lowest BCUT2D eigenvalue weighted by Crippen LogP contribution is -2.51. The van der Waals surface area contributed by atoms with Crippen molar-refractivity contribution >= 4 is 0 Å². The van der Waals surface area contributed by atoms with E-state index in [-0.39, 0.29) is 6.92 Å². The second-order valence-corrected chi connectivity index (χ2v) is 9.72. The average Bonchev–Trinajstić information content (AvgIpc) is 3.61. The van der Waals surface area contributed by atoms with Crippen molar-refractivity contribution < 1.29 is 26.3 Å². The lowest BCUT2D eigenvalue weighted by molar-refractivity contribution is -0.297. The van der Waals surface area contributed by atoms with E-state index in [2.05, 4.69) is 11.0 Å². The van der Waals surface area contributed by atoms with Gasteiger partial charge in [-0.1, -0.05) is 60.2 Å². The molecule has 0 atom stereocenters. The molecule has 1 heterocycles. The first-order valence-electron chi connectivity index (χ1n) is 11.7. The van der Waals surface area contributed by atoms with Crippen LogP contribution in [0.4, 0.5) is 26.3 Å². The molecule has 184 valence electrons. The second-order valence-electron chi connectivity index (χ2n) is 9.72. The molecule has 0 bridgehead atoms. The zero-order chi connectivity index (χ0) is 24.6. The minimum absolute atomic E-state index is 0.185. The van der Waals surface area contributed by atoms with Crippen molar-refractivity contribution in [3.8, 4) is 11.1 Å². The monoisotopic (exact) mass is 481 g/mol. The summed E-state index contributed by atoms with van der Waals surface area (Å²) >= 11 is 0. The standard InChI is InChI=1S/C27H29F6N/c1-25(26(28,29)30,27(31,32)33)24-12-10-23(11-13-24)22-8-6-21(7-9-22)18-34-15-2-3-19(14-16-34)17-20-4-5-20/h3,6-13,20H,2,4-5,14-18H2,1H3. The number of halogens is 6. The van der Waals surface area contributed by atoms with Crippen molar-refractivity contribution in [3.05, 3.63) is 71.3 Å². The molecule has 0 radical (unpaired) electrons. The van der Waals surface area contributed by atoms with Gasteiger partial charge < -0.3 is 0 Å². The summed E-state index contributed by atoms with van der Waals surface area (Å²) < 4.78 is 79.9. The van der Waals surface area contributed by atoms with Crippen LogP contribution in [0.3, 0.4) is 0 Å². The van der Waals surface area contributed by atoms with Crippen LogP contribution in [0.25, 0.3) is 11.1 Å². The molecule has 1 aliphatic heterocycles. The SMILES string of the molecule is CC(c1ccc(-c2ccc(CN3CCC=C(CC4CC4)CC3)cc2)cc1)(C(F)(F)F)C(F)(F)F. The number of hydrogen-bond donors (Lipinski definition) is 0. The van der Waals surface area contributed by atoms with Gasteiger partial charge in [-0.2, -0.15) is 26.3 Å². The van der Waals surface area contributed by atoms with E-state index in [9.17, 15) is 26.3 Å². The average molecular weight is 482 g/mol. The van der Waals surface area contributed by atoms with Crippen LogP contribution in [-0.4, -0.2) is 30.3 Å². The molecule has 2 aromatic rings. The largest absolute Gasteiger partial charge is 0.406 e. The normalized spacial score (nSPS) is 18.5. The quantitative estimate of drug-likeness (QED) is 0.298. The fourth-order valence-electron chi connectivity index (χ4n) is 4.55. The molecule has 4 rings (SSSR count). The van der Waals surface area contributed by atoms with E-state index in [0.29, 0.717) is 5.56 Å². The van der Waals surface area contributed by atoms with Gasteiger partial charge in [0.2, 0.25) is 0 Å². The van der Waals surface area contributed by atoms with Gasteiger partial charge in [0, 0.05) is 19.6 Å². The Bertz CT molecular complexity index is 983. The third kappa shape index (κ3) is 5.35. The molecular formula is C27H29F6N. The van der Waals surface area contributed by atoms with Gasteiger partial charge in [-0.3, -0.25) is 4.90 Å². The van der Waals surface area contributed by atoms with Gasteiger partial charge in [-0.25, -0.2) is 0 Å². The zero-order valence-electron chi connectivity index (χ0n) is 19.1. The predicted molar refractivity (Wildman–Crippen MR) is 121 cm³/mol. The highest BCUT2D eigenvalue weighted by atomic mass is 19.4. The summed E-state index contributed by atoms with van der Waals surface area (Å²) in [5.41, 5.74) is -0.693. The molecule has 0 spiro atoms. The van der Waals surface area contributed by atoms with Crippen LogP contribution in [0.1, 0.15) is 50.2 Å². The predicted octanol–water partition coefficient (Wildman–Crippen LogP) is 8.06. The van der Waals surface area contributed by atoms with E-state index in [4.69, 9.17) is 0 Å². The Kier molecular flexibility index (Phi) is 6.87. The van der Waals surface area contributed by atoms with Crippen LogP contribution in [-0.2, 0) is 12.0 Å². The lowest BCUT2D eigenvalue weighted by atomic mass is 9.80. The fourth-order valence-corrected chi connectivity index (χ4v) is 4.55. The molecular weight excluding hydrogens is 452 g/mol. The zero-order valence-corrected chi connectivity index (χ0v) is 19.1. The van der Waals surface area contributed by atoms with Gasteiger partial charge in [-0.05, 0) is 67.2 Å². The van der Waals surface area contributed by atoms with E-state index >= 15 is 0 Å². The lowest BCUT2D eigenvalue weighted by Gasteiger charge is -2.34. The van der Waals surface area contributed by atoms with Crippen molar-refractivity contribution in [3.63, 3.8) is 0 Å². The Morgan fingerprint density at radius 1 is 0.794 bits per heavy atom. The number of rotatable bonds is 6. The van der Waals surface area contributed by atoms with Gasteiger partial charge in [0.1, 0.15) is 0 Å². The van der Waals surface area contributed by atoms with E-state index in [1.54, 1.807) is 5.57 Å². The maximum Gasteiger partial charge on any atom is 0.406 e. The molecule has 0 N–H and O–H groups in total. The summed E-state index contributed by atoms with van der Waals surface area (Å²) in [7, 11) is 0. The fraction of sp³-hybridized carbons (Fsp3) is 0.481. The molecule has 34 heavy (non-hydrogen) atoms. The van der Waals surface area contributed by atoms with E-state index in [1.165, 1.54) is 31.4 Å². The van der Waals surface area contributed by atoms with Crippen molar-refractivity contribution in [2.24, 2.45) is 5.92 Å². The maximum absolute atomic E-state index is 13.3. The minimum atomic E-state index is -5.45. The second kappa shape index (κ2) is 9.40. The van der Waals surface area contributed by atoms with E-state index in [0.717, 1.165) is 61.7 Å². The van der Waals surface area contributed by atoms with Gasteiger partial charge in [0.15, 0.2) is 5.41 Å². The first kappa shape index (κ1) is 24.8. The van der Waals surface area contributed by atoms with Gasteiger partial charge in [0.05, 0.1) is 0 Å². The highest BCUT2D eigenvalue weighted by Crippen LogP contribution is 2.51. The minimum Gasteiger partial charge on any atom is -0.298 e. The molecule has 0 unspecified atom stereocenters. The highest BCUT2D eigenvalue weighted by Gasteiger charge is 2.68. The van der Waals surface area contributed by atoms with Crippen LogP contribution < -0.4 is 0 Å². The number of alkyl halides is 6. The van der Waals surface area contributed by atoms with Crippen LogP contribution >= 0.6 is 0 Å². The molecule has 0 amide bonds. The molecule has 2 aromatic carbocycles. The molecule has 0 aromatic heterocycles. The van der Waals surface area contributed by atoms with Crippen LogP contribution in [0, 0.1) is 5.92 Å². The number of hydrogen-bond acceptors (Lipinski definition) is 1. The van der Waals surface area contributed by atoms with Crippen LogP contribution in [0.15, 0.2) is 60.2 Å². The first-order valence-corrected chi connectivity index (χ1v) is 11.7. The molecule has 0 saturated heterocycles. The van der Waals surface area contributed by atoms with Gasteiger partial charge in [0.25, 0.3) is 0 Å². The highest BCUT2D eigenvalue weighted by molar-refractivity contribution is 5.64. The molecule has 2 aliphatic rings. The molecule has 7 heteroatoms. The molecule has 1 aliphatic carbocycles. The number of nitrogens with zero attached hydrogens (tertiary/aromatic N) is 1. The Labute approximate surface area is 196 Å². The Morgan fingerprint density at radius 3 is 1.88 bits per heavy atom. The van der Waals surface area contributed by atoms with Gasteiger partial charge in [-0.15, -0.1) is 0 Å². The Hall–Kier alpha value is -2.28. The van der Waals surface area contributed by atoms with E-state index < -0.39 is 23.3 Å². The topological polar surface area (TPSA) is 3.24 Å². The van der Waals surface area contributed by atoms with Crippen molar-refractivity contribution in [1.29, 1.82) is 0 Å².